The number of nitrogens with one attached hydrogen (secondary N) is 1. The Morgan fingerprint density at radius 1 is 1.30 bits per heavy atom. The molecule has 0 bridgehead atoms. The van der Waals surface area contributed by atoms with Crippen molar-refractivity contribution in [1.29, 1.82) is 0 Å². The van der Waals surface area contributed by atoms with Gasteiger partial charge in [-0.25, -0.2) is 0 Å². The summed E-state index contributed by atoms with van der Waals surface area (Å²) >= 11 is 0. The molecule has 1 aliphatic rings. The summed E-state index contributed by atoms with van der Waals surface area (Å²) < 4.78 is 10.8. The van der Waals surface area contributed by atoms with Crippen LogP contribution in [0.5, 0.6) is 5.75 Å². The van der Waals surface area contributed by atoms with Gasteiger partial charge < -0.3 is 14.6 Å². The molecule has 1 unspecified atom stereocenters. The maximum absolute atomic E-state index is 5.60. The third-order valence-corrected chi connectivity index (χ3v) is 4.60. The molecule has 6 heteroatoms. The van der Waals surface area contributed by atoms with Crippen LogP contribution in [0.25, 0.3) is 0 Å². The molecule has 124 valence electrons. The highest BCUT2D eigenvalue weighted by Crippen LogP contribution is 2.32. The van der Waals surface area contributed by atoms with Crippen LogP contribution in [-0.4, -0.2) is 48.8 Å². The molecule has 0 aliphatic carbocycles. The summed E-state index contributed by atoms with van der Waals surface area (Å²) in [7, 11) is 3.76. The van der Waals surface area contributed by atoms with E-state index >= 15 is 0 Å². The highest BCUT2D eigenvalue weighted by atomic mass is 16.5. The van der Waals surface area contributed by atoms with Gasteiger partial charge in [0.2, 0.25) is 5.89 Å². The van der Waals surface area contributed by atoms with E-state index in [1.54, 1.807) is 7.11 Å². The quantitative estimate of drug-likeness (QED) is 0.930. The lowest BCUT2D eigenvalue weighted by Crippen LogP contribution is -2.44. The first kappa shape index (κ1) is 16.0. The Bertz CT molecular complexity index is 651. The number of rotatable bonds is 4. The van der Waals surface area contributed by atoms with Gasteiger partial charge in [-0.1, -0.05) is 17.3 Å². The number of nitrogens with zero attached hydrogens (tertiary/aromatic N) is 3. The SMILES string of the molecule is COc1ccc(C(C)(C)c2nc(C3CNCCN3C)no2)cc1. The van der Waals surface area contributed by atoms with Gasteiger partial charge in [0.15, 0.2) is 5.82 Å². The van der Waals surface area contributed by atoms with Crippen LogP contribution in [0.2, 0.25) is 0 Å². The predicted molar refractivity (Wildman–Crippen MR) is 87.7 cm³/mol. The van der Waals surface area contributed by atoms with E-state index in [4.69, 9.17) is 9.26 Å². The topological polar surface area (TPSA) is 63.4 Å². The van der Waals surface area contributed by atoms with E-state index in [-0.39, 0.29) is 11.5 Å². The lowest BCUT2D eigenvalue weighted by atomic mass is 9.84. The van der Waals surface area contributed by atoms with Crippen LogP contribution >= 0.6 is 0 Å². The van der Waals surface area contributed by atoms with E-state index in [2.05, 4.69) is 41.3 Å². The fraction of sp³-hybridized carbons (Fsp3) is 0.529. The number of aromatic nitrogens is 2. The maximum atomic E-state index is 5.60. The van der Waals surface area contributed by atoms with E-state index in [9.17, 15) is 0 Å². The van der Waals surface area contributed by atoms with Gasteiger partial charge in [0.05, 0.1) is 18.6 Å². The molecule has 1 aromatic carbocycles. The van der Waals surface area contributed by atoms with Crippen molar-refractivity contribution in [3.63, 3.8) is 0 Å². The minimum Gasteiger partial charge on any atom is -0.497 e. The fourth-order valence-electron chi connectivity index (χ4n) is 2.85. The first-order valence-electron chi connectivity index (χ1n) is 7.92. The molecule has 0 radical (unpaired) electrons. The lowest BCUT2D eigenvalue weighted by Gasteiger charge is -2.30. The van der Waals surface area contributed by atoms with E-state index in [0.717, 1.165) is 36.8 Å². The zero-order valence-corrected chi connectivity index (χ0v) is 14.2. The number of methoxy groups -OCH3 is 1. The van der Waals surface area contributed by atoms with Crippen molar-refractivity contribution < 1.29 is 9.26 Å². The molecule has 2 heterocycles. The van der Waals surface area contributed by atoms with Crippen molar-refractivity contribution in [2.45, 2.75) is 25.3 Å². The normalized spacial score (nSPS) is 19.7. The molecule has 1 N–H and O–H groups in total. The summed E-state index contributed by atoms with van der Waals surface area (Å²) in [5.41, 5.74) is 0.765. The second kappa shape index (κ2) is 6.29. The Balaban J connectivity index is 1.85. The van der Waals surface area contributed by atoms with Crippen molar-refractivity contribution >= 4 is 0 Å². The molecule has 0 saturated carbocycles. The van der Waals surface area contributed by atoms with E-state index in [0.29, 0.717) is 5.89 Å². The maximum Gasteiger partial charge on any atom is 0.236 e. The van der Waals surface area contributed by atoms with Gasteiger partial charge >= 0.3 is 0 Å². The van der Waals surface area contributed by atoms with Gasteiger partial charge in [-0.3, -0.25) is 4.90 Å². The monoisotopic (exact) mass is 316 g/mol. The van der Waals surface area contributed by atoms with Gasteiger partial charge in [-0.2, -0.15) is 4.98 Å². The zero-order valence-electron chi connectivity index (χ0n) is 14.2. The largest absolute Gasteiger partial charge is 0.497 e. The number of likely N-dealkylation sites (N-methyl/N-ethyl adjacent to an activating group) is 1. The van der Waals surface area contributed by atoms with Gasteiger partial charge in [0, 0.05) is 19.6 Å². The molecule has 0 amide bonds. The molecular formula is C17H24N4O2. The van der Waals surface area contributed by atoms with E-state index in [1.807, 2.05) is 24.3 Å². The molecule has 1 aliphatic heterocycles. The summed E-state index contributed by atoms with van der Waals surface area (Å²) in [4.78, 5) is 6.94. The smallest absolute Gasteiger partial charge is 0.236 e. The highest BCUT2D eigenvalue weighted by molar-refractivity contribution is 5.35. The summed E-state index contributed by atoms with van der Waals surface area (Å²) in [6, 6.07) is 8.14. The Morgan fingerprint density at radius 3 is 2.70 bits per heavy atom. The molecule has 1 fully saturated rings. The summed E-state index contributed by atoms with van der Waals surface area (Å²) in [5.74, 6) is 2.22. The van der Waals surface area contributed by atoms with Gasteiger partial charge in [-0.15, -0.1) is 0 Å². The average Bonchev–Trinajstić information content (AvgIpc) is 3.06. The highest BCUT2D eigenvalue weighted by Gasteiger charge is 2.32. The van der Waals surface area contributed by atoms with Gasteiger partial charge in [0.1, 0.15) is 5.75 Å². The molecule has 1 saturated heterocycles. The van der Waals surface area contributed by atoms with Crippen molar-refractivity contribution in [2.24, 2.45) is 0 Å². The van der Waals surface area contributed by atoms with E-state index in [1.165, 1.54) is 0 Å². The van der Waals surface area contributed by atoms with E-state index < -0.39 is 0 Å². The molecule has 3 rings (SSSR count). The Hall–Kier alpha value is -1.92. The molecule has 1 aromatic heterocycles. The second-order valence-electron chi connectivity index (χ2n) is 6.51. The first-order chi connectivity index (χ1) is 11.0. The Labute approximate surface area is 136 Å². The molecule has 23 heavy (non-hydrogen) atoms. The summed E-state index contributed by atoms with van der Waals surface area (Å²) in [5, 5.41) is 7.60. The summed E-state index contributed by atoms with van der Waals surface area (Å²) in [6.45, 7) is 7.01. The third-order valence-electron chi connectivity index (χ3n) is 4.60. The third kappa shape index (κ3) is 3.09. The van der Waals surface area contributed by atoms with Crippen LogP contribution in [0.15, 0.2) is 28.8 Å². The number of piperazine rings is 1. The van der Waals surface area contributed by atoms with Crippen LogP contribution in [0, 0.1) is 0 Å². The Kier molecular flexibility index (Phi) is 4.37. The standard InChI is InChI=1S/C17H24N4O2/c1-17(2,12-5-7-13(22-4)8-6-12)16-19-15(20-23-16)14-11-18-9-10-21(14)3/h5-8,14,18H,9-11H2,1-4H3. The Morgan fingerprint density at radius 2 is 2.04 bits per heavy atom. The second-order valence-corrected chi connectivity index (χ2v) is 6.51. The molecule has 6 nitrogen and oxygen atoms in total. The van der Waals surface area contributed by atoms with Crippen LogP contribution < -0.4 is 10.1 Å². The van der Waals surface area contributed by atoms with Crippen LogP contribution in [0.1, 0.15) is 37.2 Å². The molecule has 0 spiro atoms. The lowest BCUT2D eigenvalue weighted by molar-refractivity contribution is 0.190. The number of ether oxygens (including phenoxy) is 1. The van der Waals surface area contributed by atoms with Crippen LogP contribution in [0.4, 0.5) is 0 Å². The van der Waals surface area contributed by atoms with Crippen LogP contribution in [0.3, 0.4) is 0 Å². The zero-order chi connectivity index (χ0) is 16.4. The average molecular weight is 316 g/mol. The van der Waals surface area contributed by atoms with Gasteiger partial charge in [-0.05, 0) is 38.6 Å². The fourth-order valence-corrected chi connectivity index (χ4v) is 2.85. The summed E-state index contributed by atoms with van der Waals surface area (Å²) in [6.07, 6.45) is 0. The first-order valence-corrected chi connectivity index (χ1v) is 7.92. The van der Waals surface area contributed by atoms with Crippen molar-refractivity contribution in [2.75, 3.05) is 33.8 Å². The van der Waals surface area contributed by atoms with Crippen molar-refractivity contribution in [3.05, 3.63) is 41.5 Å². The minimum atomic E-state index is -0.349. The number of benzene rings is 1. The van der Waals surface area contributed by atoms with Crippen molar-refractivity contribution in [3.8, 4) is 5.75 Å². The molecule has 2 aromatic rings. The minimum absolute atomic E-state index is 0.160. The predicted octanol–water partition coefficient (Wildman–Crippen LogP) is 1.98. The number of hydrogen-bond acceptors (Lipinski definition) is 6. The number of hydrogen-bond donors (Lipinski definition) is 1. The van der Waals surface area contributed by atoms with Crippen molar-refractivity contribution in [1.82, 2.24) is 20.4 Å². The van der Waals surface area contributed by atoms with Crippen LogP contribution in [-0.2, 0) is 5.41 Å². The molecule has 1 atom stereocenters. The van der Waals surface area contributed by atoms with Gasteiger partial charge in [0.25, 0.3) is 0 Å². The molecular weight excluding hydrogens is 292 g/mol.